The van der Waals surface area contributed by atoms with Gasteiger partial charge in [-0.2, -0.15) is 0 Å². The summed E-state index contributed by atoms with van der Waals surface area (Å²) < 4.78 is 10.8. The maximum atomic E-state index is 12.4. The minimum absolute atomic E-state index is 0.195. The van der Waals surface area contributed by atoms with Gasteiger partial charge in [-0.1, -0.05) is 49.6 Å². The maximum Gasteiger partial charge on any atom is 0.343 e. The van der Waals surface area contributed by atoms with Gasteiger partial charge in [-0.05, 0) is 18.4 Å². The van der Waals surface area contributed by atoms with E-state index in [4.69, 9.17) is 9.47 Å². The first-order chi connectivity index (χ1) is 9.25. The molecule has 19 heavy (non-hydrogen) atoms. The average Bonchev–Trinajstić information content (AvgIpc) is 2.50. The molecule has 104 valence electrons. The lowest BCUT2D eigenvalue weighted by atomic mass is 9.73. The Kier molecular flexibility index (Phi) is 4.59. The van der Waals surface area contributed by atoms with Crippen molar-refractivity contribution in [2.75, 3.05) is 14.2 Å². The molecule has 3 nitrogen and oxygen atoms in total. The van der Waals surface area contributed by atoms with Crippen molar-refractivity contribution in [3.8, 4) is 0 Å². The highest BCUT2D eigenvalue weighted by molar-refractivity contribution is 5.81. The lowest BCUT2D eigenvalue weighted by molar-refractivity contribution is -0.178. The highest BCUT2D eigenvalue weighted by Gasteiger charge is 2.48. The molecule has 1 aliphatic rings. The van der Waals surface area contributed by atoms with Crippen molar-refractivity contribution in [3.05, 3.63) is 35.9 Å². The minimum atomic E-state index is -0.948. The minimum Gasteiger partial charge on any atom is -0.467 e. The van der Waals surface area contributed by atoms with Crippen LogP contribution in [0.25, 0.3) is 0 Å². The SMILES string of the molecule is COC(=O)C(OC)(c1ccccc1)C1CCCCC1. The molecule has 0 heterocycles. The Labute approximate surface area is 114 Å². The van der Waals surface area contributed by atoms with Gasteiger partial charge in [0, 0.05) is 13.0 Å². The first-order valence-electron chi connectivity index (χ1n) is 6.94. The third-order valence-corrected chi connectivity index (χ3v) is 4.19. The molecule has 0 saturated heterocycles. The summed E-state index contributed by atoms with van der Waals surface area (Å²) in [6, 6.07) is 9.73. The number of rotatable bonds is 4. The van der Waals surface area contributed by atoms with Crippen molar-refractivity contribution < 1.29 is 14.3 Å². The lowest BCUT2D eigenvalue weighted by Crippen LogP contribution is -2.46. The molecule has 1 unspecified atom stereocenters. The molecular formula is C16H22O3. The van der Waals surface area contributed by atoms with Gasteiger partial charge >= 0.3 is 5.97 Å². The Morgan fingerprint density at radius 1 is 1.11 bits per heavy atom. The van der Waals surface area contributed by atoms with E-state index < -0.39 is 5.60 Å². The molecule has 0 bridgehead atoms. The smallest absolute Gasteiger partial charge is 0.343 e. The number of carbonyl (C=O) groups is 1. The van der Waals surface area contributed by atoms with E-state index in [0.29, 0.717) is 0 Å². The van der Waals surface area contributed by atoms with Crippen molar-refractivity contribution in [1.82, 2.24) is 0 Å². The number of ether oxygens (including phenoxy) is 2. The summed E-state index contributed by atoms with van der Waals surface area (Å²) in [7, 11) is 3.04. The fraction of sp³-hybridized carbons (Fsp3) is 0.562. The molecule has 1 fully saturated rings. The first kappa shape index (κ1) is 14.1. The second-order valence-corrected chi connectivity index (χ2v) is 5.13. The molecule has 1 aromatic carbocycles. The van der Waals surface area contributed by atoms with E-state index in [-0.39, 0.29) is 11.9 Å². The molecule has 1 aliphatic carbocycles. The summed E-state index contributed by atoms with van der Waals surface area (Å²) >= 11 is 0. The van der Waals surface area contributed by atoms with Gasteiger partial charge in [0.15, 0.2) is 5.60 Å². The Hall–Kier alpha value is -1.35. The number of esters is 1. The molecule has 0 spiro atoms. The molecule has 0 aliphatic heterocycles. The molecule has 0 radical (unpaired) electrons. The Bertz CT molecular complexity index is 409. The van der Waals surface area contributed by atoms with E-state index in [1.54, 1.807) is 7.11 Å². The standard InChI is InChI=1S/C16H22O3/c1-18-15(17)16(19-2,13-9-5-3-6-10-13)14-11-7-4-8-12-14/h3,5-6,9-10,14H,4,7-8,11-12H2,1-2H3. The predicted octanol–water partition coefficient (Wildman–Crippen LogP) is 3.28. The van der Waals surface area contributed by atoms with Gasteiger partial charge in [0.05, 0.1) is 7.11 Å². The van der Waals surface area contributed by atoms with Crippen molar-refractivity contribution in [1.29, 1.82) is 0 Å². The summed E-state index contributed by atoms with van der Waals surface area (Å²) in [5, 5.41) is 0. The molecule has 1 atom stereocenters. The van der Waals surface area contributed by atoms with Crippen LogP contribution in [0.2, 0.25) is 0 Å². The number of methoxy groups -OCH3 is 2. The molecule has 0 N–H and O–H groups in total. The fourth-order valence-corrected chi connectivity index (χ4v) is 3.23. The number of hydrogen-bond donors (Lipinski definition) is 0. The lowest BCUT2D eigenvalue weighted by Gasteiger charge is -2.39. The van der Waals surface area contributed by atoms with Crippen LogP contribution in [0.15, 0.2) is 30.3 Å². The molecule has 3 heteroatoms. The van der Waals surface area contributed by atoms with Crippen LogP contribution in [-0.4, -0.2) is 20.2 Å². The summed E-state index contributed by atoms with van der Waals surface area (Å²) in [5.41, 5.74) is -0.0487. The molecule has 1 saturated carbocycles. The predicted molar refractivity (Wildman–Crippen MR) is 73.7 cm³/mol. The molecule has 0 amide bonds. The van der Waals surface area contributed by atoms with E-state index in [2.05, 4.69) is 0 Å². The van der Waals surface area contributed by atoms with Gasteiger partial charge in [0.1, 0.15) is 0 Å². The van der Waals surface area contributed by atoms with Crippen LogP contribution in [0.5, 0.6) is 0 Å². The zero-order chi connectivity index (χ0) is 13.7. The van der Waals surface area contributed by atoms with Gasteiger partial charge in [-0.3, -0.25) is 0 Å². The van der Waals surface area contributed by atoms with Crippen LogP contribution in [0, 0.1) is 5.92 Å². The van der Waals surface area contributed by atoms with E-state index in [1.807, 2.05) is 30.3 Å². The van der Waals surface area contributed by atoms with Crippen molar-refractivity contribution >= 4 is 5.97 Å². The van der Waals surface area contributed by atoms with Gasteiger partial charge in [0.2, 0.25) is 0 Å². The van der Waals surface area contributed by atoms with Crippen LogP contribution in [0.4, 0.5) is 0 Å². The van der Waals surface area contributed by atoms with Crippen LogP contribution >= 0.6 is 0 Å². The summed E-state index contributed by atoms with van der Waals surface area (Å²) in [6.07, 6.45) is 5.57. The Morgan fingerprint density at radius 3 is 2.26 bits per heavy atom. The van der Waals surface area contributed by atoms with Gasteiger partial charge in [0.25, 0.3) is 0 Å². The maximum absolute atomic E-state index is 12.4. The third-order valence-electron chi connectivity index (χ3n) is 4.19. The van der Waals surface area contributed by atoms with Crippen LogP contribution in [0.3, 0.4) is 0 Å². The largest absolute Gasteiger partial charge is 0.467 e. The quantitative estimate of drug-likeness (QED) is 0.781. The van der Waals surface area contributed by atoms with Crippen molar-refractivity contribution in [2.45, 2.75) is 37.7 Å². The van der Waals surface area contributed by atoms with E-state index in [9.17, 15) is 4.79 Å². The van der Waals surface area contributed by atoms with Gasteiger partial charge < -0.3 is 9.47 Å². The third kappa shape index (κ3) is 2.52. The number of carbonyl (C=O) groups excluding carboxylic acids is 1. The molecular weight excluding hydrogens is 240 g/mol. The van der Waals surface area contributed by atoms with E-state index >= 15 is 0 Å². The van der Waals surface area contributed by atoms with Gasteiger partial charge in [-0.25, -0.2) is 4.79 Å². The number of hydrogen-bond acceptors (Lipinski definition) is 3. The Balaban J connectivity index is 2.44. The number of benzene rings is 1. The monoisotopic (exact) mass is 262 g/mol. The fourth-order valence-electron chi connectivity index (χ4n) is 3.23. The van der Waals surface area contributed by atoms with Crippen molar-refractivity contribution in [2.24, 2.45) is 5.92 Å². The highest BCUT2D eigenvalue weighted by Crippen LogP contribution is 2.42. The molecule has 0 aromatic heterocycles. The molecule has 2 rings (SSSR count). The topological polar surface area (TPSA) is 35.5 Å². The second kappa shape index (κ2) is 6.20. The van der Waals surface area contributed by atoms with Crippen LogP contribution in [0.1, 0.15) is 37.7 Å². The van der Waals surface area contributed by atoms with Crippen molar-refractivity contribution in [3.63, 3.8) is 0 Å². The van der Waals surface area contributed by atoms with Crippen LogP contribution < -0.4 is 0 Å². The van der Waals surface area contributed by atoms with Gasteiger partial charge in [-0.15, -0.1) is 0 Å². The first-order valence-corrected chi connectivity index (χ1v) is 6.94. The summed E-state index contributed by atoms with van der Waals surface area (Å²) in [6.45, 7) is 0. The average molecular weight is 262 g/mol. The second-order valence-electron chi connectivity index (χ2n) is 5.13. The van der Waals surface area contributed by atoms with E-state index in [0.717, 1.165) is 31.2 Å². The summed E-state index contributed by atoms with van der Waals surface area (Å²) in [4.78, 5) is 12.4. The Morgan fingerprint density at radius 2 is 1.74 bits per heavy atom. The highest BCUT2D eigenvalue weighted by atomic mass is 16.6. The normalized spacial score (nSPS) is 19.7. The van der Waals surface area contributed by atoms with Crippen LogP contribution in [-0.2, 0) is 19.9 Å². The molecule has 1 aromatic rings. The van der Waals surface area contributed by atoms with E-state index in [1.165, 1.54) is 13.5 Å². The zero-order valence-electron chi connectivity index (χ0n) is 11.7. The zero-order valence-corrected chi connectivity index (χ0v) is 11.7. The summed E-state index contributed by atoms with van der Waals surface area (Å²) in [5.74, 6) is -0.0887.